The molecule has 0 aliphatic carbocycles. The average Bonchev–Trinajstić information content (AvgIpc) is 2.18. The molecule has 90 valence electrons. The Morgan fingerprint density at radius 3 is 2.75 bits per heavy atom. The minimum atomic E-state index is -0.550. The zero-order valence-corrected chi connectivity index (χ0v) is 12.1. The molecule has 1 aromatic rings. The summed E-state index contributed by atoms with van der Waals surface area (Å²) in [5, 5.41) is 0. The maximum atomic E-state index is 10.7. The molecule has 0 aromatic carbocycles. The van der Waals surface area contributed by atoms with Gasteiger partial charge >= 0.3 is 0 Å². The largest absolute Gasteiger partial charge is 0.477 e. The van der Waals surface area contributed by atoms with Crippen molar-refractivity contribution in [1.82, 2.24) is 4.98 Å². The maximum Gasteiger partial charge on any atom is 0.213 e. The third-order valence-corrected chi connectivity index (χ3v) is 3.99. The molecule has 1 heterocycles. The van der Waals surface area contributed by atoms with Crippen LogP contribution >= 0.6 is 26.0 Å². The summed E-state index contributed by atoms with van der Waals surface area (Å²) in [4.78, 5) is 14.8. The second-order valence-electron chi connectivity index (χ2n) is 4.31. The standard InChI is InChI=1S/C11H16BrNO2S/c1-16(2,3)5-4-15-11-6-9(8-14)10(12)7-13-11/h6-8H,4-5H2,1-3H3. The number of halogens is 1. The van der Waals surface area contributed by atoms with E-state index in [1.54, 1.807) is 12.3 Å². The van der Waals surface area contributed by atoms with E-state index in [1.807, 2.05) is 0 Å². The quantitative estimate of drug-likeness (QED) is 0.785. The van der Waals surface area contributed by atoms with Crippen molar-refractivity contribution in [1.29, 1.82) is 0 Å². The highest BCUT2D eigenvalue weighted by Crippen LogP contribution is 2.33. The van der Waals surface area contributed by atoms with Gasteiger partial charge in [-0.15, -0.1) is 0 Å². The van der Waals surface area contributed by atoms with Crippen molar-refractivity contribution in [2.45, 2.75) is 0 Å². The third kappa shape index (κ3) is 4.53. The van der Waals surface area contributed by atoms with Crippen molar-refractivity contribution in [3.05, 3.63) is 22.3 Å². The fourth-order valence-electron chi connectivity index (χ4n) is 1.000. The number of rotatable bonds is 5. The first-order valence-corrected chi connectivity index (χ1v) is 8.64. The van der Waals surface area contributed by atoms with E-state index in [1.165, 1.54) is 0 Å². The van der Waals surface area contributed by atoms with Crippen LogP contribution in [0.15, 0.2) is 16.7 Å². The van der Waals surface area contributed by atoms with E-state index in [2.05, 4.69) is 39.7 Å². The first-order chi connectivity index (χ1) is 7.42. The smallest absolute Gasteiger partial charge is 0.213 e. The summed E-state index contributed by atoms with van der Waals surface area (Å²) in [5.41, 5.74) is 0.563. The first-order valence-electron chi connectivity index (χ1n) is 4.82. The van der Waals surface area contributed by atoms with Gasteiger partial charge in [0.1, 0.15) is 0 Å². The number of hydrogen-bond acceptors (Lipinski definition) is 3. The molecule has 0 atom stereocenters. The number of carbonyl (C=O) groups excluding carboxylic acids is 1. The lowest BCUT2D eigenvalue weighted by molar-refractivity contribution is 0.112. The summed E-state index contributed by atoms with van der Waals surface area (Å²) >= 11 is 3.25. The van der Waals surface area contributed by atoms with Crippen LogP contribution in [0.5, 0.6) is 5.88 Å². The van der Waals surface area contributed by atoms with Gasteiger partial charge in [-0.25, -0.2) is 15.0 Å². The van der Waals surface area contributed by atoms with Crippen molar-refractivity contribution in [3.8, 4) is 5.88 Å². The van der Waals surface area contributed by atoms with Gasteiger partial charge in [-0.2, -0.15) is 0 Å². The predicted octanol–water partition coefficient (Wildman–Crippen LogP) is 2.73. The Balaban J connectivity index is 2.58. The molecule has 5 heteroatoms. The normalized spacial score (nSPS) is 12.2. The van der Waals surface area contributed by atoms with E-state index < -0.39 is 10.0 Å². The molecular formula is C11H16BrNO2S. The lowest BCUT2D eigenvalue weighted by Gasteiger charge is -2.24. The summed E-state index contributed by atoms with van der Waals surface area (Å²) in [7, 11) is -0.550. The highest BCUT2D eigenvalue weighted by Gasteiger charge is 2.06. The highest BCUT2D eigenvalue weighted by molar-refractivity contribution is 9.10. The molecule has 0 amide bonds. The Bertz CT molecular complexity index is 377. The van der Waals surface area contributed by atoms with Crippen LogP contribution in [0.3, 0.4) is 0 Å². The van der Waals surface area contributed by atoms with Crippen molar-refractivity contribution >= 4 is 32.2 Å². The lowest BCUT2D eigenvalue weighted by atomic mass is 10.3. The summed E-state index contributed by atoms with van der Waals surface area (Å²) in [5.74, 6) is 1.54. The highest BCUT2D eigenvalue weighted by atomic mass is 79.9. The van der Waals surface area contributed by atoms with Crippen molar-refractivity contribution in [2.24, 2.45) is 0 Å². The molecule has 1 aromatic heterocycles. The van der Waals surface area contributed by atoms with Crippen LogP contribution in [-0.4, -0.2) is 42.4 Å². The zero-order valence-electron chi connectivity index (χ0n) is 9.70. The third-order valence-electron chi connectivity index (χ3n) is 1.93. The van der Waals surface area contributed by atoms with Gasteiger partial charge in [-0.1, -0.05) is 0 Å². The van der Waals surface area contributed by atoms with Gasteiger partial charge in [-0.05, 0) is 34.7 Å². The number of aldehydes is 1. The molecule has 0 N–H and O–H groups in total. The van der Waals surface area contributed by atoms with Gasteiger partial charge in [0.25, 0.3) is 0 Å². The fourth-order valence-corrected chi connectivity index (χ4v) is 1.89. The van der Waals surface area contributed by atoms with Gasteiger partial charge in [0, 0.05) is 28.1 Å². The maximum absolute atomic E-state index is 10.7. The Morgan fingerprint density at radius 1 is 1.50 bits per heavy atom. The molecule has 0 radical (unpaired) electrons. The molecule has 0 aliphatic rings. The second kappa shape index (κ2) is 5.68. The molecule has 16 heavy (non-hydrogen) atoms. The van der Waals surface area contributed by atoms with Gasteiger partial charge in [0.2, 0.25) is 5.88 Å². The number of ether oxygens (including phenoxy) is 1. The van der Waals surface area contributed by atoms with Crippen LogP contribution in [0.4, 0.5) is 0 Å². The van der Waals surface area contributed by atoms with E-state index in [4.69, 9.17) is 4.74 Å². The molecule has 0 saturated heterocycles. The molecule has 0 saturated carbocycles. The monoisotopic (exact) mass is 305 g/mol. The molecule has 0 unspecified atom stereocenters. The van der Waals surface area contributed by atoms with Crippen LogP contribution < -0.4 is 4.74 Å². The van der Waals surface area contributed by atoms with Crippen LogP contribution in [0.25, 0.3) is 0 Å². The number of hydrogen-bond donors (Lipinski definition) is 0. The summed E-state index contributed by atoms with van der Waals surface area (Å²) in [6, 6.07) is 1.65. The van der Waals surface area contributed by atoms with Crippen molar-refractivity contribution in [2.75, 3.05) is 31.1 Å². The van der Waals surface area contributed by atoms with E-state index in [-0.39, 0.29) is 0 Å². The van der Waals surface area contributed by atoms with Gasteiger partial charge in [0.05, 0.1) is 6.61 Å². The Hall–Kier alpha value is -0.550. The molecule has 0 aliphatic heterocycles. The molecule has 3 nitrogen and oxygen atoms in total. The van der Waals surface area contributed by atoms with Crippen LogP contribution in [0.2, 0.25) is 0 Å². The molecule has 0 fully saturated rings. The average molecular weight is 306 g/mol. The van der Waals surface area contributed by atoms with E-state index in [0.29, 0.717) is 22.5 Å². The number of aromatic nitrogens is 1. The first kappa shape index (κ1) is 13.5. The predicted molar refractivity (Wildman–Crippen MR) is 73.0 cm³/mol. The Labute approximate surface area is 106 Å². The Morgan fingerprint density at radius 2 is 2.19 bits per heavy atom. The zero-order chi connectivity index (χ0) is 12.2. The van der Waals surface area contributed by atoms with Crippen molar-refractivity contribution < 1.29 is 9.53 Å². The summed E-state index contributed by atoms with van der Waals surface area (Å²) < 4.78 is 6.20. The van der Waals surface area contributed by atoms with Crippen LogP contribution in [0, 0.1) is 0 Å². The van der Waals surface area contributed by atoms with Crippen LogP contribution in [0.1, 0.15) is 10.4 Å². The molecular weight excluding hydrogens is 290 g/mol. The molecule has 0 spiro atoms. The van der Waals surface area contributed by atoms with E-state index >= 15 is 0 Å². The minimum absolute atomic E-state index is 0.508. The van der Waals surface area contributed by atoms with E-state index in [0.717, 1.165) is 12.0 Å². The summed E-state index contributed by atoms with van der Waals surface area (Å²) in [6.45, 7) is 0.645. The van der Waals surface area contributed by atoms with Gasteiger partial charge < -0.3 is 4.74 Å². The van der Waals surface area contributed by atoms with Crippen molar-refractivity contribution in [3.63, 3.8) is 0 Å². The van der Waals surface area contributed by atoms with Gasteiger partial charge in [-0.3, -0.25) is 4.79 Å². The summed E-state index contributed by atoms with van der Waals surface area (Å²) in [6.07, 6.45) is 9.09. The second-order valence-corrected chi connectivity index (χ2v) is 9.75. The number of pyridine rings is 1. The topological polar surface area (TPSA) is 39.2 Å². The molecule has 1 rings (SSSR count). The number of nitrogens with zero attached hydrogens (tertiary/aromatic N) is 1. The SMILES string of the molecule is CS(C)(C)CCOc1cc(C=O)c(Br)cn1. The fraction of sp³-hybridized carbons (Fsp3) is 0.455. The van der Waals surface area contributed by atoms with Crippen LogP contribution in [-0.2, 0) is 0 Å². The molecule has 0 bridgehead atoms. The van der Waals surface area contributed by atoms with E-state index in [9.17, 15) is 4.79 Å². The lowest BCUT2D eigenvalue weighted by Crippen LogP contribution is -2.09. The minimum Gasteiger partial charge on any atom is -0.477 e. The van der Waals surface area contributed by atoms with Gasteiger partial charge in [0.15, 0.2) is 6.29 Å². The number of carbonyl (C=O) groups is 1. The Kier molecular flexibility index (Phi) is 4.80.